The zero-order valence-corrected chi connectivity index (χ0v) is 36.2. The Morgan fingerprint density at radius 3 is 0.778 bits per heavy atom. The Labute approximate surface area is 334 Å². The zero-order chi connectivity index (χ0) is 39.8. The fourth-order valence-electron chi connectivity index (χ4n) is 9.07. The van der Waals surface area contributed by atoms with E-state index in [2.05, 4.69) is 37.5 Å². The lowest BCUT2D eigenvalue weighted by Crippen LogP contribution is -2.42. The van der Waals surface area contributed by atoms with E-state index in [1.807, 2.05) is 0 Å². The van der Waals surface area contributed by atoms with E-state index in [9.17, 15) is 30.6 Å². The number of unbranched alkanes of at least 4 members (excludes halogenated alkanes) is 24. The molecule has 8 atom stereocenters. The first-order valence-corrected chi connectivity index (χ1v) is 23.8. The van der Waals surface area contributed by atoms with Crippen molar-refractivity contribution in [2.24, 2.45) is 0 Å². The van der Waals surface area contributed by atoms with Crippen molar-refractivity contribution in [1.82, 2.24) is 9.80 Å². The largest absolute Gasteiger partial charge is 0.395 e. The van der Waals surface area contributed by atoms with E-state index in [1.54, 1.807) is 0 Å². The number of aliphatic hydroxyl groups excluding tert-OH is 6. The molecule has 2 heterocycles. The third-order valence-corrected chi connectivity index (χ3v) is 12.6. The highest BCUT2D eigenvalue weighted by Crippen LogP contribution is 2.31. The van der Waals surface area contributed by atoms with Crippen LogP contribution in [0.25, 0.3) is 0 Å². The van der Waals surface area contributed by atoms with Crippen LogP contribution in [-0.4, -0.2) is 115 Å². The van der Waals surface area contributed by atoms with Gasteiger partial charge in [0, 0.05) is 12.1 Å². The second-order valence-corrected chi connectivity index (χ2v) is 17.1. The molecule has 8 nitrogen and oxygen atoms in total. The summed E-state index contributed by atoms with van der Waals surface area (Å²) in [6.45, 7) is 10.6. The summed E-state index contributed by atoms with van der Waals surface area (Å²) in [6, 6.07) is -0.579. The second kappa shape index (κ2) is 34.7. The van der Waals surface area contributed by atoms with Crippen LogP contribution in [0.4, 0.5) is 0 Å². The van der Waals surface area contributed by atoms with Crippen molar-refractivity contribution in [2.45, 2.75) is 269 Å². The molecule has 0 aromatic heterocycles. The molecule has 6 N–H and O–H groups in total. The molecule has 0 aromatic rings. The monoisotopic (exact) mass is 771 g/mol. The summed E-state index contributed by atoms with van der Waals surface area (Å²) >= 11 is 0. The minimum Gasteiger partial charge on any atom is -0.395 e. The number of likely N-dealkylation sites (tertiary alicyclic amines) is 2. The molecule has 0 unspecified atom stereocenters. The third-order valence-electron chi connectivity index (χ3n) is 12.6. The van der Waals surface area contributed by atoms with Crippen molar-refractivity contribution in [3.8, 4) is 0 Å². The molecule has 54 heavy (non-hydrogen) atoms. The van der Waals surface area contributed by atoms with Crippen LogP contribution in [0.15, 0.2) is 0 Å². The highest BCUT2D eigenvalue weighted by molar-refractivity contribution is 5.01. The van der Waals surface area contributed by atoms with E-state index in [4.69, 9.17) is 0 Å². The van der Waals surface area contributed by atoms with E-state index in [0.29, 0.717) is 0 Å². The summed E-state index contributed by atoms with van der Waals surface area (Å²) in [6.07, 6.45) is 34.1. The van der Waals surface area contributed by atoms with Crippen molar-refractivity contribution in [3.63, 3.8) is 0 Å². The molecule has 0 saturated carbocycles. The molecular weight excluding hydrogens is 677 g/mol. The number of hydrogen-bond donors (Lipinski definition) is 6. The van der Waals surface area contributed by atoms with Crippen molar-refractivity contribution in [3.05, 3.63) is 0 Å². The summed E-state index contributed by atoms with van der Waals surface area (Å²) in [5, 5.41) is 61.1. The van der Waals surface area contributed by atoms with Gasteiger partial charge in [-0.25, -0.2) is 0 Å². The van der Waals surface area contributed by atoms with Gasteiger partial charge in [-0.3, -0.25) is 9.80 Å². The Balaban J connectivity index is 0.000000540. The third kappa shape index (κ3) is 20.9. The maximum absolute atomic E-state index is 10.5. The molecule has 2 saturated heterocycles. The maximum Gasteiger partial charge on any atom is 0.0991 e. The first kappa shape index (κ1) is 51.7. The van der Waals surface area contributed by atoms with Crippen molar-refractivity contribution < 1.29 is 30.6 Å². The normalized spacial score (nSPS) is 26.1. The van der Waals surface area contributed by atoms with Gasteiger partial charge in [-0.15, -0.1) is 0 Å². The maximum atomic E-state index is 10.5. The molecular formula is C46H94N2O6. The first-order valence-electron chi connectivity index (χ1n) is 23.8. The highest BCUT2D eigenvalue weighted by atomic mass is 16.3. The number of nitrogens with zero attached hydrogens (tertiary/aromatic N) is 2. The standard InChI is InChI=1S/2C23H47NO3/c2*1-3-5-7-9-11-13-15-17-20-22(26)23(27)21(19-25)24(20)18-16-14-12-10-8-6-4-2/h2*20-23,25-27H,3-19H2,1-2H3/t2*20-,21-,22+,23-/m10/s1. The molecule has 2 aliphatic rings. The zero-order valence-electron chi connectivity index (χ0n) is 36.2. The Morgan fingerprint density at radius 2 is 0.519 bits per heavy atom. The Hall–Kier alpha value is -0.320. The summed E-state index contributed by atoms with van der Waals surface area (Å²) in [7, 11) is 0. The number of hydrogen-bond acceptors (Lipinski definition) is 8. The summed E-state index contributed by atoms with van der Waals surface area (Å²) < 4.78 is 0. The Bertz CT molecular complexity index is 743. The number of aliphatic hydroxyl groups is 6. The van der Waals surface area contributed by atoms with Crippen molar-refractivity contribution >= 4 is 0 Å². The van der Waals surface area contributed by atoms with Gasteiger partial charge in [0.15, 0.2) is 0 Å². The van der Waals surface area contributed by atoms with Crippen LogP contribution in [0.5, 0.6) is 0 Å². The van der Waals surface area contributed by atoms with Crippen molar-refractivity contribution in [2.75, 3.05) is 26.3 Å². The first-order chi connectivity index (χ1) is 26.3. The van der Waals surface area contributed by atoms with Gasteiger partial charge in [-0.2, -0.15) is 0 Å². The Morgan fingerprint density at radius 1 is 0.296 bits per heavy atom. The van der Waals surface area contributed by atoms with E-state index in [0.717, 1.165) is 51.6 Å². The quantitative estimate of drug-likeness (QED) is 0.0358. The predicted molar refractivity (Wildman–Crippen MR) is 228 cm³/mol. The predicted octanol–water partition coefficient (Wildman–Crippen LogP) is 9.29. The minimum atomic E-state index is -0.811. The van der Waals surface area contributed by atoms with Crippen molar-refractivity contribution in [1.29, 1.82) is 0 Å². The summed E-state index contributed by atoms with van der Waals surface area (Å²) in [4.78, 5) is 4.41. The van der Waals surface area contributed by atoms with Gasteiger partial charge in [0.25, 0.3) is 0 Å². The Kier molecular flexibility index (Phi) is 33.2. The smallest absolute Gasteiger partial charge is 0.0991 e. The number of rotatable bonds is 34. The average Bonchev–Trinajstić information content (AvgIpc) is 3.55. The van der Waals surface area contributed by atoms with Gasteiger partial charge in [0.1, 0.15) is 0 Å². The lowest BCUT2D eigenvalue weighted by molar-refractivity contribution is 0.0173. The SMILES string of the molecule is CCCCCCCCC[C@@H]1[C@H](O)[C@H](O)[C@@H](CO)N1CCCCCCCCC.CCCCCCCCC[C@H]1[C@@H](O)[C@@H](O)[C@H](CO)N1CCCCCCCCC. The molecule has 324 valence electrons. The lowest BCUT2D eigenvalue weighted by Gasteiger charge is -2.29. The molecule has 8 heteroatoms. The molecule has 0 radical (unpaired) electrons. The fourth-order valence-corrected chi connectivity index (χ4v) is 9.07. The molecule has 2 fully saturated rings. The van der Waals surface area contributed by atoms with Gasteiger partial charge in [-0.05, 0) is 38.8 Å². The van der Waals surface area contributed by atoms with E-state index in [-0.39, 0.29) is 37.4 Å². The van der Waals surface area contributed by atoms with E-state index >= 15 is 0 Å². The van der Waals surface area contributed by atoms with E-state index in [1.165, 1.54) is 154 Å². The molecule has 0 amide bonds. The van der Waals surface area contributed by atoms with Crippen LogP contribution < -0.4 is 0 Å². The average molecular weight is 771 g/mol. The summed E-state index contributed by atoms with van der Waals surface area (Å²) in [5.74, 6) is 0. The minimum absolute atomic E-state index is 0.00730. The van der Waals surface area contributed by atoms with Crippen LogP contribution in [0.3, 0.4) is 0 Å². The van der Waals surface area contributed by atoms with Gasteiger partial charge < -0.3 is 30.6 Å². The topological polar surface area (TPSA) is 128 Å². The van der Waals surface area contributed by atoms with Gasteiger partial charge in [0.2, 0.25) is 0 Å². The van der Waals surface area contributed by atoms with Crippen LogP contribution in [-0.2, 0) is 0 Å². The molecule has 0 spiro atoms. The van der Waals surface area contributed by atoms with Gasteiger partial charge in [0.05, 0.1) is 49.7 Å². The van der Waals surface area contributed by atoms with Crippen LogP contribution in [0.1, 0.15) is 220 Å². The highest BCUT2D eigenvalue weighted by Gasteiger charge is 2.47. The molecule has 0 aromatic carbocycles. The fraction of sp³-hybridized carbons (Fsp3) is 1.00. The van der Waals surface area contributed by atoms with Gasteiger partial charge >= 0.3 is 0 Å². The van der Waals surface area contributed by atoms with E-state index < -0.39 is 24.4 Å². The van der Waals surface area contributed by atoms with Crippen LogP contribution in [0.2, 0.25) is 0 Å². The lowest BCUT2D eigenvalue weighted by atomic mass is 10.0. The molecule has 2 aliphatic heterocycles. The molecule has 2 rings (SSSR count). The van der Waals surface area contributed by atoms with Crippen LogP contribution in [0, 0.1) is 0 Å². The molecule has 0 aliphatic carbocycles. The summed E-state index contributed by atoms with van der Waals surface area (Å²) in [5.41, 5.74) is 0. The molecule has 0 bridgehead atoms. The van der Waals surface area contributed by atoms with Gasteiger partial charge in [-0.1, -0.05) is 195 Å². The second-order valence-electron chi connectivity index (χ2n) is 17.1. The van der Waals surface area contributed by atoms with Crippen LogP contribution >= 0.6 is 0 Å².